The quantitative estimate of drug-likeness (QED) is 0.775. The van der Waals surface area contributed by atoms with Gasteiger partial charge in [0.2, 0.25) is 0 Å². The predicted molar refractivity (Wildman–Crippen MR) is 57.6 cm³/mol. The van der Waals surface area contributed by atoms with Crippen LogP contribution >= 0.6 is 0 Å². The number of aliphatic hydroxyl groups excluding tert-OH is 1. The summed E-state index contributed by atoms with van der Waals surface area (Å²) in [5, 5.41) is 9.52. The normalized spacial score (nSPS) is 18.3. The predicted octanol–water partition coefficient (Wildman–Crippen LogP) is 1.63. The lowest BCUT2D eigenvalue weighted by molar-refractivity contribution is 0.0421. The van der Waals surface area contributed by atoms with Crippen molar-refractivity contribution in [2.75, 3.05) is 19.7 Å². The van der Waals surface area contributed by atoms with Crippen LogP contribution in [-0.4, -0.2) is 41.9 Å². The minimum Gasteiger partial charge on any atom is -0.447 e. The van der Waals surface area contributed by atoms with Crippen molar-refractivity contribution in [1.82, 2.24) is 4.90 Å². The molecule has 0 radical (unpaired) electrons. The molecule has 15 heavy (non-hydrogen) atoms. The van der Waals surface area contributed by atoms with Crippen molar-refractivity contribution in [3.05, 3.63) is 0 Å². The van der Waals surface area contributed by atoms with E-state index >= 15 is 0 Å². The zero-order valence-corrected chi connectivity index (χ0v) is 9.61. The van der Waals surface area contributed by atoms with Crippen molar-refractivity contribution < 1.29 is 14.6 Å². The molecule has 0 aromatic heterocycles. The summed E-state index contributed by atoms with van der Waals surface area (Å²) in [6, 6.07) is 0. The summed E-state index contributed by atoms with van der Waals surface area (Å²) in [5.74, 6) is 0.422. The van der Waals surface area contributed by atoms with Crippen LogP contribution in [0, 0.1) is 5.92 Å². The zero-order chi connectivity index (χ0) is 11.3. The Morgan fingerprint density at radius 2 is 2.00 bits per heavy atom. The standard InChI is InChI=1S/C11H21NO3/c1-9(2)7-10(13)8-15-11(14)12-5-3-4-6-12/h9-10,13H,3-8H2,1-2H3. The Morgan fingerprint density at radius 3 is 2.53 bits per heavy atom. The van der Waals surface area contributed by atoms with Gasteiger partial charge in [-0.3, -0.25) is 0 Å². The third-order valence-corrected chi connectivity index (χ3v) is 2.51. The van der Waals surface area contributed by atoms with Gasteiger partial charge >= 0.3 is 6.09 Å². The largest absolute Gasteiger partial charge is 0.447 e. The van der Waals surface area contributed by atoms with Crippen LogP contribution in [0.3, 0.4) is 0 Å². The van der Waals surface area contributed by atoms with Crippen LogP contribution in [0.25, 0.3) is 0 Å². The maximum absolute atomic E-state index is 11.4. The van der Waals surface area contributed by atoms with Crippen molar-refractivity contribution >= 4 is 6.09 Å². The molecule has 4 heteroatoms. The third-order valence-electron chi connectivity index (χ3n) is 2.51. The van der Waals surface area contributed by atoms with E-state index in [9.17, 15) is 9.90 Å². The molecule has 1 amide bonds. The van der Waals surface area contributed by atoms with E-state index in [0.29, 0.717) is 12.3 Å². The molecule has 0 aromatic rings. The molecule has 1 rings (SSSR count). The van der Waals surface area contributed by atoms with Gasteiger partial charge in [-0.1, -0.05) is 13.8 Å². The molecule has 1 fully saturated rings. The molecule has 0 aliphatic carbocycles. The molecule has 4 nitrogen and oxygen atoms in total. The van der Waals surface area contributed by atoms with Crippen LogP contribution in [0.15, 0.2) is 0 Å². The second-order valence-corrected chi connectivity index (χ2v) is 4.55. The minimum atomic E-state index is -0.531. The topological polar surface area (TPSA) is 49.8 Å². The Labute approximate surface area is 91.2 Å². The first-order valence-electron chi connectivity index (χ1n) is 5.69. The van der Waals surface area contributed by atoms with E-state index < -0.39 is 6.10 Å². The molecule has 1 N–H and O–H groups in total. The highest BCUT2D eigenvalue weighted by molar-refractivity contribution is 5.67. The number of carbonyl (C=O) groups is 1. The molecular weight excluding hydrogens is 194 g/mol. The van der Waals surface area contributed by atoms with Gasteiger partial charge in [-0.25, -0.2) is 4.79 Å². The number of rotatable bonds is 4. The molecule has 0 bridgehead atoms. The molecule has 0 saturated carbocycles. The third kappa shape index (κ3) is 4.51. The Hall–Kier alpha value is -0.770. The van der Waals surface area contributed by atoms with Crippen molar-refractivity contribution in [2.24, 2.45) is 5.92 Å². The van der Waals surface area contributed by atoms with Crippen molar-refractivity contribution in [3.63, 3.8) is 0 Å². The van der Waals surface area contributed by atoms with Crippen LogP contribution in [0.5, 0.6) is 0 Å². The number of carbonyl (C=O) groups excluding carboxylic acids is 1. The molecule has 0 aromatic carbocycles. The molecule has 0 spiro atoms. The Kier molecular flexibility index (Phi) is 4.88. The summed E-state index contributed by atoms with van der Waals surface area (Å²) in [5.41, 5.74) is 0. The van der Waals surface area contributed by atoms with E-state index in [1.165, 1.54) is 0 Å². The fourth-order valence-electron chi connectivity index (χ4n) is 1.77. The van der Waals surface area contributed by atoms with E-state index in [1.807, 2.05) is 13.8 Å². The van der Waals surface area contributed by atoms with Crippen LogP contribution < -0.4 is 0 Å². The SMILES string of the molecule is CC(C)CC(O)COC(=O)N1CCCC1. The van der Waals surface area contributed by atoms with E-state index in [2.05, 4.69) is 0 Å². The van der Waals surface area contributed by atoms with Gasteiger partial charge in [0.05, 0.1) is 6.10 Å². The van der Waals surface area contributed by atoms with Crippen LogP contribution in [0.1, 0.15) is 33.1 Å². The second-order valence-electron chi connectivity index (χ2n) is 4.55. The first-order valence-corrected chi connectivity index (χ1v) is 5.69. The van der Waals surface area contributed by atoms with Crippen LogP contribution in [-0.2, 0) is 4.74 Å². The molecule has 1 aliphatic heterocycles. The summed E-state index contributed by atoms with van der Waals surface area (Å²) in [7, 11) is 0. The summed E-state index contributed by atoms with van der Waals surface area (Å²) < 4.78 is 5.03. The van der Waals surface area contributed by atoms with Gasteiger partial charge in [0, 0.05) is 13.1 Å². The molecule has 1 saturated heterocycles. The Morgan fingerprint density at radius 1 is 1.40 bits per heavy atom. The van der Waals surface area contributed by atoms with Gasteiger partial charge in [-0.2, -0.15) is 0 Å². The first-order chi connectivity index (χ1) is 7.09. The van der Waals surface area contributed by atoms with E-state index in [4.69, 9.17) is 4.74 Å². The monoisotopic (exact) mass is 215 g/mol. The summed E-state index contributed by atoms with van der Waals surface area (Å²) in [6.07, 6.45) is 1.98. The molecule has 88 valence electrons. The number of aliphatic hydroxyl groups is 1. The highest BCUT2D eigenvalue weighted by Gasteiger charge is 2.20. The smallest absolute Gasteiger partial charge is 0.409 e. The van der Waals surface area contributed by atoms with Gasteiger partial charge in [-0.15, -0.1) is 0 Å². The lowest BCUT2D eigenvalue weighted by Crippen LogP contribution is -2.31. The van der Waals surface area contributed by atoms with E-state index in [0.717, 1.165) is 25.9 Å². The number of hydrogen-bond donors (Lipinski definition) is 1. The molecule has 1 heterocycles. The maximum Gasteiger partial charge on any atom is 0.409 e. The fourth-order valence-corrected chi connectivity index (χ4v) is 1.77. The summed E-state index contributed by atoms with van der Waals surface area (Å²) in [6.45, 7) is 5.77. The number of nitrogens with zero attached hydrogens (tertiary/aromatic N) is 1. The van der Waals surface area contributed by atoms with Gasteiger partial charge < -0.3 is 14.7 Å². The summed E-state index contributed by atoms with van der Waals surface area (Å²) in [4.78, 5) is 13.1. The molecule has 1 atom stereocenters. The molecular formula is C11H21NO3. The van der Waals surface area contributed by atoms with Crippen LogP contribution in [0.4, 0.5) is 4.79 Å². The number of likely N-dealkylation sites (tertiary alicyclic amines) is 1. The average Bonchev–Trinajstić information content (AvgIpc) is 2.65. The first kappa shape index (κ1) is 12.3. The lowest BCUT2D eigenvalue weighted by atomic mass is 10.1. The number of ether oxygens (including phenoxy) is 1. The van der Waals surface area contributed by atoms with Crippen molar-refractivity contribution in [3.8, 4) is 0 Å². The second kappa shape index (κ2) is 5.95. The Bertz CT molecular complexity index is 200. The van der Waals surface area contributed by atoms with Crippen LogP contribution in [0.2, 0.25) is 0 Å². The Balaban J connectivity index is 2.15. The summed E-state index contributed by atoms with van der Waals surface area (Å²) >= 11 is 0. The van der Waals surface area contributed by atoms with Gasteiger partial charge in [0.15, 0.2) is 0 Å². The number of amides is 1. The molecule has 1 unspecified atom stereocenters. The molecule has 1 aliphatic rings. The van der Waals surface area contributed by atoms with Gasteiger partial charge in [-0.05, 0) is 25.2 Å². The van der Waals surface area contributed by atoms with E-state index in [1.54, 1.807) is 4.90 Å². The fraction of sp³-hybridized carbons (Fsp3) is 0.909. The average molecular weight is 215 g/mol. The minimum absolute atomic E-state index is 0.119. The zero-order valence-electron chi connectivity index (χ0n) is 9.61. The van der Waals surface area contributed by atoms with Gasteiger partial charge in [0.25, 0.3) is 0 Å². The maximum atomic E-state index is 11.4. The number of hydrogen-bond acceptors (Lipinski definition) is 3. The highest BCUT2D eigenvalue weighted by atomic mass is 16.6. The lowest BCUT2D eigenvalue weighted by Gasteiger charge is -2.18. The van der Waals surface area contributed by atoms with Crippen molar-refractivity contribution in [1.29, 1.82) is 0 Å². The van der Waals surface area contributed by atoms with Gasteiger partial charge in [0.1, 0.15) is 6.61 Å². The van der Waals surface area contributed by atoms with Crippen molar-refractivity contribution in [2.45, 2.75) is 39.2 Å². The van der Waals surface area contributed by atoms with E-state index in [-0.39, 0.29) is 12.7 Å². The highest BCUT2D eigenvalue weighted by Crippen LogP contribution is 2.10.